The molecule has 3 nitrogen and oxygen atoms in total. The van der Waals surface area contributed by atoms with Gasteiger partial charge in [-0.25, -0.2) is 0 Å². The number of unbranched alkanes of at least 4 members (excludes halogenated alkanes) is 2. The Morgan fingerprint density at radius 2 is 1.96 bits per heavy atom. The fraction of sp³-hybridized carbons (Fsp3) is 0.286. The summed E-state index contributed by atoms with van der Waals surface area (Å²) in [6, 6.07) is 13.1. The molecule has 0 spiro atoms. The number of carbonyl (C=O) groups is 1. The third kappa shape index (κ3) is 5.27. The molecule has 0 aromatic heterocycles. The minimum atomic E-state index is -0.261. The number of aryl methyl sites for hydroxylation is 2. The third-order valence-corrected chi connectivity index (χ3v) is 3.98. The number of carbonyl (C=O) groups excluding carboxylic acids is 1. The topological polar surface area (TPSA) is 49.3 Å². The molecule has 2 N–H and O–H groups in total. The second-order valence-electron chi connectivity index (χ2n) is 5.99. The van der Waals surface area contributed by atoms with Crippen LogP contribution in [0.15, 0.2) is 48.5 Å². The van der Waals surface area contributed by atoms with E-state index in [1.807, 2.05) is 0 Å². The van der Waals surface area contributed by atoms with Crippen LogP contribution in [-0.2, 0) is 11.2 Å². The van der Waals surface area contributed by atoms with E-state index in [0.717, 1.165) is 17.5 Å². The van der Waals surface area contributed by atoms with E-state index in [9.17, 15) is 9.90 Å². The highest BCUT2D eigenvalue weighted by Gasteiger charge is 2.03. The molecule has 126 valence electrons. The van der Waals surface area contributed by atoms with Crippen LogP contribution >= 0.6 is 0 Å². The molecule has 1 amide bonds. The largest absolute Gasteiger partial charge is 0.506 e. The van der Waals surface area contributed by atoms with Gasteiger partial charge in [-0.3, -0.25) is 4.79 Å². The van der Waals surface area contributed by atoms with Gasteiger partial charge < -0.3 is 10.4 Å². The lowest BCUT2D eigenvalue weighted by molar-refractivity contribution is -0.111. The Labute approximate surface area is 144 Å². The van der Waals surface area contributed by atoms with Crippen LogP contribution < -0.4 is 5.32 Å². The predicted molar refractivity (Wildman–Crippen MR) is 100 cm³/mol. The van der Waals surface area contributed by atoms with Crippen molar-refractivity contribution in [2.45, 2.75) is 39.5 Å². The van der Waals surface area contributed by atoms with Crippen LogP contribution in [0.5, 0.6) is 5.75 Å². The van der Waals surface area contributed by atoms with Gasteiger partial charge in [-0.15, -0.1) is 0 Å². The first-order chi connectivity index (χ1) is 11.6. The fourth-order valence-corrected chi connectivity index (χ4v) is 2.58. The Morgan fingerprint density at radius 3 is 2.67 bits per heavy atom. The van der Waals surface area contributed by atoms with Gasteiger partial charge in [0.25, 0.3) is 0 Å². The molecule has 0 aliphatic carbocycles. The Morgan fingerprint density at radius 1 is 1.17 bits per heavy atom. The van der Waals surface area contributed by atoms with Crippen molar-refractivity contribution in [2.24, 2.45) is 0 Å². The van der Waals surface area contributed by atoms with Crippen molar-refractivity contribution in [1.82, 2.24) is 0 Å². The van der Waals surface area contributed by atoms with Gasteiger partial charge in [-0.05, 0) is 54.7 Å². The maximum atomic E-state index is 12.0. The van der Waals surface area contributed by atoms with Crippen molar-refractivity contribution in [3.63, 3.8) is 0 Å². The van der Waals surface area contributed by atoms with Crippen LogP contribution in [0.4, 0.5) is 5.69 Å². The third-order valence-electron chi connectivity index (χ3n) is 3.98. The highest BCUT2D eigenvalue weighted by Crippen LogP contribution is 2.21. The second kappa shape index (κ2) is 8.92. The van der Waals surface area contributed by atoms with E-state index < -0.39 is 0 Å². The predicted octanol–water partition coefficient (Wildman–Crippen LogP) is 5.09. The van der Waals surface area contributed by atoms with Crippen LogP contribution in [-0.4, -0.2) is 11.0 Å². The summed E-state index contributed by atoms with van der Waals surface area (Å²) in [7, 11) is 0. The fourth-order valence-electron chi connectivity index (χ4n) is 2.58. The number of aromatic hydroxyl groups is 1. The van der Waals surface area contributed by atoms with Crippen molar-refractivity contribution in [2.75, 3.05) is 5.32 Å². The minimum absolute atomic E-state index is 0.0619. The van der Waals surface area contributed by atoms with E-state index in [1.54, 1.807) is 30.3 Å². The Balaban J connectivity index is 1.98. The second-order valence-corrected chi connectivity index (χ2v) is 5.99. The molecule has 2 aromatic carbocycles. The maximum absolute atomic E-state index is 12.0. The van der Waals surface area contributed by atoms with Crippen molar-refractivity contribution in [3.8, 4) is 5.75 Å². The molecule has 2 aromatic rings. The van der Waals surface area contributed by atoms with Crippen molar-refractivity contribution >= 4 is 17.7 Å². The molecule has 0 aliphatic heterocycles. The summed E-state index contributed by atoms with van der Waals surface area (Å²) in [5.74, 6) is -0.199. The van der Waals surface area contributed by atoms with Crippen LogP contribution in [0.1, 0.15) is 42.9 Å². The number of phenols is 1. The minimum Gasteiger partial charge on any atom is -0.506 e. The molecule has 0 atom stereocenters. The van der Waals surface area contributed by atoms with Gasteiger partial charge in [0.2, 0.25) is 5.91 Å². The Hall–Kier alpha value is -2.55. The maximum Gasteiger partial charge on any atom is 0.248 e. The summed E-state index contributed by atoms with van der Waals surface area (Å²) >= 11 is 0. The number of amides is 1. The highest BCUT2D eigenvalue weighted by atomic mass is 16.3. The average molecular weight is 323 g/mol. The summed E-state index contributed by atoms with van der Waals surface area (Å²) in [6.07, 6.45) is 8.10. The number of benzene rings is 2. The quantitative estimate of drug-likeness (QED) is 0.424. The van der Waals surface area contributed by atoms with E-state index in [2.05, 4.69) is 37.4 Å². The van der Waals surface area contributed by atoms with Gasteiger partial charge in [0.05, 0.1) is 5.69 Å². The van der Waals surface area contributed by atoms with Gasteiger partial charge in [0, 0.05) is 6.08 Å². The van der Waals surface area contributed by atoms with Crippen LogP contribution in [0.2, 0.25) is 0 Å². The lowest BCUT2D eigenvalue weighted by atomic mass is 10.0. The SMILES string of the molecule is CCCCCc1ccc(/C=C/C(=O)Nc2ccccc2O)c(C)c1. The van der Waals surface area contributed by atoms with Crippen molar-refractivity contribution in [1.29, 1.82) is 0 Å². The monoisotopic (exact) mass is 323 g/mol. The Bertz CT molecular complexity index is 720. The highest BCUT2D eigenvalue weighted by molar-refractivity contribution is 6.02. The number of rotatable bonds is 7. The lowest BCUT2D eigenvalue weighted by Gasteiger charge is -2.06. The molecule has 2 rings (SSSR count). The number of nitrogens with one attached hydrogen (secondary N) is 1. The van der Waals surface area contributed by atoms with Crippen LogP contribution in [0, 0.1) is 6.92 Å². The first-order valence-corrected chi connectivity index (χ1v) is 8.46. The number of anilines is 1. The molecule has 0 fully saturated rings. The van der Waals surface area contributed by atoms with Crippen molar-refractivity contribution in [3.05, 3.63) is 65.2 Å². The first-order valence-electron chi connectivity index (χ1n) is 8.46. The van der Waals surface area contributed by atoms with E-state index in [4.69, 9.17) is 0 Å². The zero-order valence-corrected chi connectivity index (χ0v) is 14.4. The number of para-hydroxylation sites is 2. The molecular formula is C21H25NO2. The number of hydrogen-bond acceptors (Lipinski definition) is 2. The molecule has 3 heteroatoms. The molecule has 0 aliphatic rings. The standard InChI is InChI=1S/C21H25NO2/c1-3-4-5-8-17-11-12-18(16(2)15-17)13-14-21(24)22-19-9-6-7-10-20(19)23/h6-7,9-15,23H,3-5,8H2,1-2H3,(H,22,24)/b14-13+. The number of phenolic OH excluding ortho intramolecular Hbond substituents is 1. The van der Waals surface area contributed by atoms with Gasteiger partial charge >= 0.3 is 0 Å². The molecule has 0 bridgehead atoms. The normalized spacial score (nSPS) is 10.9. The van der Waals surface area contributed by atoms with E-state index >= 15 is 0 Å². The molecule has 0 unspecified atom stereocenters. The molecule has 0 saturated heterocycles. The lowest BCUT2D eigenvalue weighted by Crippen LogP contribution is -2.07. The molecule has 0 saturated carbocycles. The van der Waals surface area contributed by atoms with Crippen LogP contribution in [0.25, 0.3) is 6.08 Å². The summed E-state index contributed by atoms with van der Waals surface area (Å²) in [6.45, 7) is 4.27. The summed E-state index contributed by atoms with van der Waals surface area (Å²) in [5, 5.41) is 12.3. The zero-order valence-electron chi connectivity index (χ0n) is 14.4. The molecular weight excluding hydrogens is 298 g/mol. The van der Waals surface area contributed by atoms with Gasteiger partial charge in [-0.1, -0.05) is 50.1 Å². The smallest absolute Gasteiger partial charge is 0.248 e. The summed E-state index contributed by atoms with van der Waals surface area (Å²) in [5.41, 5.74) is 3.95. The van der Waals surface area contributed by atoms with Gasteiger partial charge in [-0.2, -0.15) is 0 Å². The number of hydrogen-bond donors (Lipinski definition) is 2. The van der Waals surface area contributed by atoms with Gasteiger partial charge in [0.1, 0.15) is 5.75 Å². The zero-order chi connectivity index (χ0) is 17.4. The average Bonchev–Trinajstić information content (AvgIpc) is 2.56. The van der Waals surface area contributed by atoms with Crippen LogP contribution in [0.3, 0.4) is 0 Å². The van der Waals surface area contributed by atoms with E-state index in [0.29, 0.717) is 5.69 Å². The van der Waals surface area contributed by atoms with Crippen molar-refractivity contribution < 1.29 is 9.90 Å². The van der Waals surface area contributed by atoms with E-state index in [1.165, 1.54) is 30.9 Å². The summed E-state index contributed by atoms with van der Waals surface area (Å²) in [4.78, 5) is 12.0. The molecule has 0 heterocycles. The molecule has 0 radical (unpaired) electrons. The first kappa shape index (κ1) is 17.8. The Kier molecular flexibility index (Phi) is 6.62. The summed E-state index contributed by atoms with van der Waals surface area (Å²) < 4.78 is 0. The van der Waals surface area contributed by atoms with Gasteiger partial charge in [0.15, 0.2) is 0 Å². The molecule has 24 heavy (non-hydrogen) atoms. The van der Waals surface area contributed by atoms with E-state index in [-0.39, 0.29) is 11.7 Å².